The Hall–Kier alpha value is -3.33. The summed E-state index contributed by atoms with van der Waals surface area (Å²) in [5.74, 6) is 0.293. The van der Waals surface area contributed by atoms with E-state index in [9.17, 15) is 14.9 Å². The molecule has 0 atom stereocenters. The Balaban J connectivity index is 1.75. The minimum absolute atomic E-state index is 0.100. The van der Waals surface area contributed by atoms with E-state index in [1.165, 1.54) is 29.5 Å². The van der Waals surface area contributed by atoms with Gasteiger partial charge in [-0.1, -0.05) is 35.6 Å². The number of para-hydroxylation sites is 1. The van der Waals surface area contributed by atoms with Crippen molar-refractivity contribution in [1.29, 1.82) is 0 Å². The molecule has 27 heavy (non-hydrogen) atoms. The molecule has 0 spiro atoms. The molecule has 1 aromatic heterocycles. The van der Waals surface area contributed by atoms with Crippen LogP contribution < -0.4 is 10.1 Å². The molecule has 0 aliphatic rings. The maximum absolute atomic E-state index is 12.5. The summed E-state index contributed by atoms with van der Waals surface area (Å²) >= 11 is 1.24. The second-order valence-electron chi connectivity index (χ2n) is 5.65. The molecule has 2 aromatic carbocycles. The molecule has 0 radical (unpaired) electrons. The Bertz CT molecular complexity index is 1000. The Morgan fingerprint density at radius 1 is 1.22 bits per heavy atom. The molecule has 8 nitrogen and oxygen atoms in total. The number of hydrogen-bond donors (Lipinski definition) is 1. The predicted octanol–water partition coefficient (Wildman–Crippen LogP) is 3.61. The minimum atomic E-state index is -0.511. The van der Waals surface area contributed by atoms with Crippen LogP contribution in [0, 0.1) is 17.0 Å². The number of amides is 1. The number of ether oxygens (including phenoxy) is 1. The van der Waals surface area contributed by atoms with Gasteiger partial charge in [-0.3, -0.25) is 20.2 Å². The van der Waals surface area contributed by atoms with Gasteiger partial charge in [0, 0.05) is 29.2 Å². The van der Waals surface area contributed by atoms with Gasteiger partial charge in [-0.2, -0.15) is 0 Å². The smallest absolute Gasteiger partial charge is 0.273 e. The summed E-state index contributed by atoms with van der Waals surface area (Å²) in [6.07, 6.45) is 0.521. The van der Waals surface area contributed by atoms with E-state index in [1.54, 1.807) is 14.0 Å². The predicted molar refractivity (Wildman–Crippen MR) is 101 cm³/mol. The zero-order valence-electron chi connectivity index (χ0n) is 14.6. The molecule has 0 bridgehead atoms. The number of aromatic nitrogens is 2. The minimum Gasteiger partial charge on any atom is -0.496 e. The van der Waals surface area contributed by atoms with E-state index in [4.69, 9.17) is 4.74 Å². The van der Waals surface area contributed by atoms with Crippen molar-refractivity contribution < 1.29 is 14.5 Å². The van der Waals surface area contributed by atoms with Crippen LogP contribution in [0.1, 0.15) is 26.5 Å². The molecule has 0 saturated carbocycles. The molecule has 0 fully saturated rings. The molecular formula is C18H16N4O4S. The number of nitrogens with zero attached hydrogens (tertiary/aromatic N) is 3. The number of methoxy groups -OCH3 is 1. The van der Waals surface area contributed by atoms with Crippen LogP contribution >= 0.6 is 11.3 Å². The fraction of sp³-hybridized carbons (Fsp3) is 0.167. The highest BCUT2D eigenvalue weighted by Crippen LogP contribution is 2.26. The molecule has 0 unspecified atom stereocenters. The van der Waals surface area contributed by atoms with Crippen molar-refractivity contribution in [2.75, 3.05) is 12.4 Å². The zero-order chi connectivity index (χ0) is 19.4. The summed E-state index contributed by atoms with van der Waals surface area (Å²) in [4.78, 5) is 23.0. The number of benzene rings is 2. The third-order valence-corrected chi connectivity index (χ3v) is 4.81. The summed E-state index contributed by atoms with van der Waals surface area (Å²) in [5.41, 5.74) is 1.39. The van der Waals surface area contributed by atoms with E-state index in [1.807, 2.05) is 24.3 Å². The summed E-state index contributed by atoms with van der Waals surface area (Å²) < 4.78 is 5.32. The zero-order valence-corrected chi connectivity index (χ0v) is 15.4. The lowest BCUT2D eigenvalue weighted by atomic mass is 10.1. The first-order valence-corrected chi connectivity index (χ1v) is 8.81. The van der Waals surface area contributed by atoms with Crippen molar-refractivity contribution in [2.24, 2.45) is 0 Å². The highest BCUT2D eigenvalue weighted by atomic mass is 32.1. The van der Waals surface area contributed by atoms with E-state index in [0.29, 0.717) is 22.1 Å². The van der Waals surface area contributed by atoms with Crippen LogP contribution in [0.2, 0.25) is 0 Å². The number of carbonyl (C=O) groups excluding carboxylic acids is 1. The number of nitro groups is 1. The van der Waals surface area contributed by atoms with E-state index in [-0.39, 0.29) is 11.3 Å². The lowest BCUT2D eigenvalue weighted by Gasteiger charge is -2.06. The van der Waals surface area contributed by atoms with Crippen molar-refractivity contribution in [3.63, 3.8) is 0 Å². The molecule has 0 aliphatic heterocycles. The fourth-order valence-corrected chi connectivity index (χ4v) is 3.38. The average molecular weight is 384 g/mol. The first-order valence-electron chi connectivity index (χ1n) is 7.99. The standard InChI is InChI=1S/C18H16N4O4S/c1-11-13(7-5-8-14(11)22(24)25)17(23)19-18-21-20-16(27-18)10-12-6-3-4-9-15(12)26-2/h3-9H,10H2,1-2H3,(H,19,21,23). The van der Waals surface area contributed by atoms with Gasteiger partial charge in [0.15, 0.2) is 0 Å². The van der Waals surface area contributed by atoms with Gasteiger partial charge in [0.1, 0.15) is 10.8 Å². The molecule has 1 N–H and O–H groups in total. The van der Waals surface area contributed by atoms with E-state index in [0.717, 1.165) is 11.3 Å². The summed E-state index contributed by atoms with van der Waals surface area (Å²) in [6.45, 7) is 1.54. The topological polar surface area (TPSA) is 107 Å². The van der Waals surface area contributed by atoms with Crippen LogP contribution in [0.4, 0.5) is 10.8 Å². The Kier molecular flexibility index (Phi) is 5.41. The highest BCUT2D eigenvalue weighted by Gasteiger charge is 2.19. The largest absolute Gasteiger partial charge is 0.496 e. The summed E-state index contributed by atoms with van der Waals surface area (Å²) in [7, 11) is 1.60. The molecule has 0 saturated heterocycles. The van der Waals surface area contributed by atoms with Gasteiger partial charge in [-0.05, 0) is 19.1 Å². The van der Waals surface area contributed by atoms with Crippen molar-refractivity contribution in [3.8, 4) is 5.75 Å². The molecule has 1 amide bonds. The van der Waals surface area contributed by atoms with Crippen molar-refractivity contribution >= 4 is 28.1 Å². The van der Waals surface area contributed by atoms with Gasteiger partial charge in [-0.15, -0.1) is 10.2 Å². The monoisotopic (exact) mass is 384 g/mol. The molecule has 9 heteroatoms. The number of rotatable bonds is 6. The second kappa shape index (κ2) is 7.92. The molecule has 3 rings (SSSR count). The van der Waals surface area contributed by atoms with E-state index in [2.05, 4.69) is 15.5 Å². The lowest BCUT2D eigenvalue weighted by Crippen LogP contribution is -2.14. The van der Waals surface area contributed by atoms with Crippen molar-refractivity contribution in [3.05, 3.63) is 74.3 Å². The number of hydrogen-bond acceptors (Lipinski definition) is 7. The maximum Gasteiger partial charge on any atom is 0.273 e. The first kappa shape index (κ1) is 18.5. The summed E-state index contributed by atoms with van der Waals surface area (Å²) in [5, 5.41) is 22.8. The van der Waals surface area contributed by atoms with Gasteiger partial charge in [-0.25, -0.2) is 0 Å². The molecule has 0 aliphatic carbocycles. The van der Waals surface area contributed by atoms with E-state index >= 15 is 0 Å². The van der Waals surface area contributed by atoms with Gasteiger partial charge >= 0.3 is 0 Å². The molecule has 138 valence electrons. The number of carbonyl (C=O) groups is 1. The molecule has 1 heterocycles. The highest BCUT2D eigenvalue weighted by molar-refractivity contribution is 7.15. The summed E-state index contributed by atoms with van der Waals surface area (Å²) in [6, 6.07) is 12.0. The van der Waals surface area contributed by atoms with Crippen LogP contribution in [0.25, 0.3) is 0 Å². The number of anilines is 1. The third kappa shape index (κ3) is 4.09. The van der Waals surface area contributed by atoms with Gasteiger partial charge < -0.3 is 4.74 Å². The average Bonchev–Trinajstić information content (AvgIpc) is 3.08. The Morgan fingerprint density at radius 2 is 2.00 bits per heavy atom. The quantitative estimate of drug-likeness (QED) is 0.514. The SMILES string of the molecule is COc1ccccc1Cc1nnc(NC(=O)c2cccc([N+](=O)[O-])c2C)s1. The van der Waals surface area contributed by atoms with Crippen molar-refractivity contribution in [1.82, 2.24) is 10.2 Å². The van der Waals surface area contributed by atoms with Crippen LogP contribution in [-0.4, -0.2) is 28.1 Å². The van der Waals surface area contributed by atoms with Crippen LogP contribution in [0.15, 0.2) is 42.5 Å². The molecule has 3 aromatic rings. The van der Waals surface area contributed by atoms with Gasteiger partial charge in [0.05, 0.1) is 12.0 Å². The van der Waals surface area contributed by atoms with Gasteiger partial charge in [0.2, 0.25) is 5.13 Å². The third-order valence-electron chi connectivity index (χ3n) is 3.97. The lowest BCUT2D eigenvalue weighted by molar-refractivity contribution is -0.385. The van der Waals surface area contributed by atoms with Crippen LogP contribution in [-0.2, 0) is 6.42 Å². The normalized spacial score (nSPS) is 10.4. The number of nitrogens with one attached hydrogen (secondary N) is 1. The van der Waals surface area contributed by atoms with E-state index < -0.39 is 10.8 Å². The number of nitro benzene ring substituents is 1. The Morgan fingerprint density at radius 3 is 2.74 bits per heavy atom. The van der Waals surface area contributed by atoms with Crippen molar-refractivity contribution in [2.45, 2.75) is 13.3 Å². The molecular weight excluding hydrogens is 368 g/mol. The second-order valence-corrected chi connectivity index (χ2v) is 6.71. The first-order chi connectivity index (χ1) is 13.0. The maximum atomic E-state index is 12.5. The van der Waals surface area contributed by atoms with Crippen LogP contribution in [0.3, 0.4) is 0 Å². The Labute approximate surface area is 159 Å². The fourth-order valence-electron chi connectivity index (χ4n) is 2.62. The van der Waals surface area contributed by atoms with Gasteiger partial charge in [0.25, 0.3) is 11.6 Å². The van der Waals surface area contributed by atoms with Crippen LogP contribution in [0.5, 0.6) is 5.75 Å².